The number of hydrogen-bond acceptors (Lipinski definition) is 4. The van der Waals surface area contributed by atoms with Crippen LogP contribution in [-0.2, 0) is 16.9 Å². The van der Waals surface area contributed by atoms with Crippen molar-refractivity contribution in [2.75, 3.05) is 13.1 Å². The zero-order chi connectivity index (χ0) is 15.7. The Bertz CT molecular complexity index is 674. The Morgan fingerprint density at radius 2 is 2.18 bits per heavy atom. The molecule has 2 aromatic rings. The molecule has 0 atom stereocenters. The second kappa shape index (κ2) is 6.02. The fraction of sp³-hybridized carbons (Fsp3) is 0.467. The highest BCUT2D eigenvalue weighted by atomic mass is 35.5. The Balaban J connectivity index is 1.71. The predicted octanol–water partition coefficient (Wildman–Crippen LogP) is 2.98. The minimum Gasteiger partial charge on any atom is -0.479 e. The van der Waals surface area contributed by atoms with E-state index in [1.807, 2.05) is 25.3 Å². The number of hydrogen-bond donors (Lipinski definition) is 1. The van der Waals surface area contributed by atoms with Crippen LogP contribution in [0.1, 0.15) is 23.3 Å². The fourth-order valence-corrected chi connectivity index (χ4v) is 4.06. The molecule has 1 N–H and O–H groups in total. The van der Waals surface area contributed by atoms with Gasteiger partial charge in [0.1, 0.15) is 0 Å². The van der Waals surface area contributed by atoms with Gasteiger partial charge in [-0.3, -0.25) is 9.58 Å². The van der Waals surface area contributed by atoms with Crippen LogP contribution in [0.4, 0.5) is 0 Å². The molecule has 0 aliphatic carbocycles. The lowest BCUT2D eigenvalue weighted by Crippen LogP contribution is -2.51. The summed E-state index contributed by atoms with van der Waals surface area (Å²) < 4.78 is 2.42. The van der Waals surface area contributed by atoms with Gasteiger partial charge in [0.2, 0.25) is 0 Å². The number of carbonyl (C=O) groups is 1. The van der Waals surface area contributed by atoms with E-state index in [1.165, 1.54) is 4.88 Å². The number of aryl methyl sites for hydroxylation is 1. The predicted molar refractivity (Wildman–Crippen MR) is 86.4 cm³/mol. The van der Waals surface area contributed by atoms with Crippen molar-refractivity contribution >= 4 is 28.9 Å². The van der Waals surface area contributed by atoms with E-state index < -0.39 is 11.5 Å². The Kier molecular flexibility index (Phi) is 4.25. The van der Waals surface area contributed by atoms with Crippen LogP contribution in [0.3, 0.4) is 0 Å². The minimum atomic E-state index is -0.919. The first-order valence-corrected chi connectivity index (χ1v) is 8.41. The van der Waals surface area contributed by atoms with E-state index in [1.54, 1.807) is 22.2 Å². The summed E-state index contributed by atoms with van der Waals surface area (Å²) in [7, 11) is 0. The summed E-state index contributed by atoms with van der Waals surface area (Å²) in [5.41, 5.74) is 0.0639. The van der Waals surface area contributed by atoms with Crippen molar-refractivity contribution < 1.29 is 9.90 Å². The maximum absolute atomic E-state index is 11.9. The molecule has 3 rings (SSSR count). The third-order valence-electron chi connectivity index (χ3n) is 4.24. The lowest BCUT2D eigenvalue weighted by atomic mass is 9.87. The topological polar surface area (TPSA) is 58.4 Å². The van der Waals surface area contributed by atoms with Crippen molar-refractivity contribution in [3.63, 3.8) is 0 Å². The molecule has 3 heterocycles. The average molecular weight is 340 g/mol. The van der Waals surface area contributed by atoms with Crippen molar-refractivity contribution in [1.82, 2.24) is 14.7 Å². The maximum atomic E-state index is 11.9. The number of carboxylic acids is 1. The van der Waals surface area contributed by atoms with Gasteiger partial charge in [0.25, 0.3) is 0 Å². The second-order valence-corrected chi connectivity index (χ2v) is 7.58. The number of nitrogens with zero attached hydrogens (tertiary/aromatic N) is 3. The quantitative estimate of drug-likeness (QED) is 0.930. The normalized spacial score (nSPS) is 18.5. The molecule has 22 heavy (non-hydrogen) atoms. The third-order valence-corrected chi connectivity index (χ3v) is 5.46. The molecule has 1 aliphatic rings. The first-order valence-electron chi connectivity index (χ1n) is 7.21. The number of rotatable bonds is 4. The van der Waals surface area contributed by atoms with Crippen LogP contribution in [0.15, 0.2) is 24.5 Å². The van der Waals surface area contributed by atoms with Crippen LogP contribution in [0.2, 0.25) is 4.34 Å². The lowest BCUT2D eigenvalue weighted by Gasteiger charge is -2.38. The summed E-state index contributed by atoms with van der Waals surface area (Å²) in [6.45, 7) is 4.22. The summed E-state index contributed by atoms with van der Waals surface area (Å²) in [6.07, 6.45) is 4.65. The Hall–Kier alpha value is -1.37. The average Bonchev–Trinajstić information content (AvgIpc) is 3.09. The molecule has 0 unspecified atom stereocenters. The number of aliphatic carboxylic acids is 1. The molecule has 1 aliphatic heterocycles. The number of piperidine rings is 1. The van der Waals surface area contributed by atoms with Crippen LogP contribution in [0, 0.1) is 6.92 Å². The van der Waals surface area contributed by atoms with Crippen LogP contribution < -0.4 is 0 Å². The SMILES string of the molecule is Cc1cnn(C2(C(=O)O)CCN(Cc3ccc(Cl)s3)CC2)c1. The van der Waals surface area contributed by atoms with E-state index in [9.17, 15) is 9.90 Å². The molecule has 0 radical (unpaired) electrons. The van der Waals surface area contributed by atoms with E-state index in [0.717, 1.165) is 29.5 Å². The van der Waals surface area contributed by atoms with Crippen LogP contribution in [0.25, 0.3) is 0 Å². The van der Waals surface area contributed by atoms with E-state index in [2.05, 4.69) is 10.00 Å². The maximum Gasteiger partial charge on any atom is 0.331 e. The van der Waals surface area contributed by atoms with Crippen molar-refractivity contribution in [3.8, 4) is 0 Å². The zero-order valence-corrected chi connectivity index (χ0v) is 13.9. The number of carboxylic acid groups (broad SMARTS) is 1. The van der Waals surface area contributed by atoms with Gasteiger partial charge in [-0.05, 0) is 37.5 Å². The van der Waals surface area contributed by atoms with E-state index >= 15 is 0 Å². The molecular formula is C15H18ClN3O2S. The summed E-state index contributed by atoms with van der Waals surface area (Å²) >= 11 is 7.54. The van der Waals surface area contributed by atoms with Gasteiger partial charge in [-0.15, -0.1) is 11.3 Å². The number of likely N-dealkylation sites (tertiary alicyclic amines) is 1. The summed E-state index contributed by atoms with van der Waals surface area (Å²) in [5, 5.41) is 14.0. The zero-order valence-electron chi connectivity index (χ0n) is 12.3. The molecule has 7 heteroatoms. The molecule has 0 aromatic carbocycles. The van der Waals surface area contributed by atoms with Crippen molar-refractivity contribution in [2.45, 2.75) is 31.8 Å². The van der Waals surface area contributed by atoms with Crippen LogP contribution in [-0.4, -0.2) is 38.8 Å². The molecule has 1 fully saturated rings. The first-order chi connectivity index (χ1) is 10.5. The molecule has 2 aromatic heterocycles. The highest BCUT2D eigenvalue weighted by Gasteiger charge is 2.44. The van der Waals surface area contributed by atoms with E-state index in [0.29, 0.717) is 12.8 Å². The summed E-state index contributed by atoms with van der Waals surface area (Å²) in [4.78, 5) is 15.3. The standard InChI is InChI=1S/C15H18ClN3O2S/c1-11-8-17-19(9-11)15(14(20)21)4-6-18(7-5-15)10-12-2-3-13(16)22-12/h2-3,8-9H,4-7,10H2,1H3,(H,20,21). The molecule has 0 amide bonds. The largest absolute Gasteiger partial charge is 0.479 e. The minimum absolute atomic E-state index is 0.558. The number of halogens is 1. The van der Waals surface area contributed by atoms with E-state index in [4.69, 9.17) is 11.6 Å². The smallest absolute Gasteiger partial charge is 0.331 e. The molecular weight excluding hydrogens is 322 g/mol. The van der Waals surface area contributed by atoms with Crippen molar-refractivity contribution in [2.24, 2.45) is 0 Å². The van der Waals surface area contributed by atoms with Gasteiger partial charge in [-0.25, -0.2) is 4.79 Å². The molecule has 1 saturated heterocycles. The molecule has 0 spiro atoms. The number of aromatic nitrogens is 2. The highest BCUT2D eigenvalue weighted by molar-refractivity contribution is 7.16. The Morgan fingerprint density at radius 3 is 2.68 bits per heavy atom. The molecule has 118 valence electrons. The second-order valence-electron chi connectivity index (χ2n) is 5.78. The molecule has 5 nitrogen and oxygen atoms in total. The molecule has 0 saturated carbocycles. The highest BCUT2D eigenvalue weighted by Crippen LogP contribution is 2.32. The Labute approximate surface area is 138 Å². The first kappa shape index (κ1) is 15.5. The molecule has 0 bridgehead atoms. The summed E-state index contributed by atoms with van der Waals surface area (Å²) in [6, 6.07) is 3.93. The summed E-state index contributed by atoms with van der Waals surface area (Å²) in [5.74, 6) is -0.797. The van der Waals surface area contributed by atoms with Crippen molar-refractivity contribution in [3.05, 3.63) is 39.3 Å². The van der Waals surface area contributed by atoms with Gasteiger partial charge in [0.05, 0.1) is 10.5 Å². The van der Waals surface area contributed by atoms with E-state index in [-0.39, 0.29) is 0 Å². The van der Waals surface area contributed by atoms with Gasteiger partial charge in [0.15, 0.2) is 5.54 Å². The number of thiophene rings is 1. The lowest BCUT2D eigenvalue weighted by molar-refractivity contribution is -0.151. The third kappa shape index (κ3) is 2.91. The van der Waals surface area contributed by atoms with Crippen LogP contribution in [0.5, 0.6) is 0 Å². The van der Waals surface area contributed by atoms with Gasteiger partial charge in [-0.2, -0.15) is 5.10 Å². The van der Waals surface area contributed by atoms with Crippen molar-refractivity contribution in [1.29, 1.82) is 0 Å². The Morgan fingerprint density at radius 1 is 1.45 bits per heavy atom. The van der Waals surface area contributed by atoms with Gasteiger partial charge < -0.3 is 5.11 Å². The van der Waals surface area contributed by atoms with Gasteiger partial charge in [0, 0.05) is 30.7 Å². The van der Waals surface area contributed by atoms with Gasteiger partial charge in [-0.1, -0.05) is 11.6 Å². The van der Waals surface area contributed by atoms with Crippen LogP contribution >= 0.6 is 22.9 Å². The fourth-order valence-electron chi connectivity index (χ4n) is 2.93. The monoisotopic (exact) mass is 339 g/mol. The van der Waals surface area contributed by atoms with Gasteiger partial charge >= 0.3 is 5.97 Å².